The van der Waals surface area contributed by atoms with Gasteiger partial charge in [-0.3, -0.25) is 0 Å². The van der Waals surface area contributed by atoms with Crippen LogP contribution in [0.25, 0.3) is 0 Å². The highest BCUT2D eigenvalue weighted by atomic mass is 16.5. The summed E-state index contributed by atoms with van der Waals surface area (Å²) in [6.45, 7) is 0.350. The van der Waals surface area contributed by atoms with Gasteiger partial charge in [-0.15, -0.1) is 0 Å². The van der Waals surface area contributed by atoms with Crippen LogP contribution in [0.3, 0.4) is 0 Å². The quantitative estimate of drug-likeness (QED) is 0.609. The molecular weight excluding hydrogens is 336 g/mol. The first-order valence-corrected chi connectivity index (χ1v) is 9.32. The highest BCUT2D eigenvalue weighted by molar-refractivity contribution is 5.18. The van der Waals surface area contributed by atoms with E-state index in [4.69, 9.17) is 4.74 Å². The maximum absolute atomic E-state index is 10.8. The molecule has 0 heterocycles. The van der Waals surface area contributed by atoms with Crippen molar-refractivity contribution in [2.45, 2.75) is 37.8 Å². The molecule has 3 aromatic carbocycles. The number of hydrogen-bond acceptors (Lipinski definition) is 3. The smallest absolute Gasteiger partial charge is 0.110 e. The summed E-state index contributed by atoms with van der Waals surface area (Å²) >= 11 is 0. The van der Waals surface area contributed by atoms with E-state index in [0.29, 0.717) is 19.4 Å². The molecule has 0 spiro atoms. The fourth-order valence-corrected chi connectivity index (χ4v) is 3.19. The van der Waals surface area contributed by atoms with Crippen molar-refractivity contribution in [2.24, 2.45) is 0 Å². The molecule has 2 N–H and O–H groups in total. The zero-order chi connectivity index (χ0) is 18.9. The zero-order valence-electron chi connectivity index (χ0n) is 15.3. The maximum Gasteiger partial charge on any atom is 0.110 e. The van der Waals surface area contributed by atoms with Crippen LogP contribution in [-0.4, -0.2) is 28.5 Å². The Kier molecular flexibility index (Phi) is 7.17. The van der Waals surface area contributed by atoms with Crippen LogP contribution >= 0.6 is 0 Å². The SMILES string of the molecule is O[C@H](Cc1ccccc1)C(OCc1ccccc1)[C@H](O)Cc1ccccc1. The number of hydrogen-bond donors (Lipinski definition) is 2. The molecule has 3 heteroatoms. The van der Waals surface area contributed by atoms with Crippen molar-refractivity contribution >= 4 is 0 Å². The Bertz CT molecular complexity index is 727. The van der Waals surface area contributed by atoms with Crippen molar-refractivity contribution in [3.63, 3.8) is 0 Å². The molecule has 0 aliphatic heterocycles. The van der Waals surface area contributed by atoms with E-state index in [1.54, 1.807) is 0 Å². The van der Waals surface area contributed by atoms with E-state index in [1.807, 2.05) is 91.0 Å². The molecule has 140 valence electrons. The van der Waals surface area contributed by atoms with Crippen LogP contribution < -0.4 is 0 Å². The van der Waals surface area contributed by atoms with E-state index in [2.05, 4.69) is 0 Å². The lowest BCUT2D eigenvalue weighted by Gasteiger charge is -2.28. The van der Waals surface area contributed by atoms with Gasteiger partial charge >= 0.3 is 0 Å². The van der Waals surface area contributed by atoms with Crippen LogP contribution in [0.1, 0.15) is 16.7 Å². The van der Waals surface area contributed by atoms with Gasteiger partial charge in [-0.05, 0) is 16.7 Å². The minimum absolute atomic E-state index is 0.350. The summed E-state index contributed by atoms with van der Waals surface area (Å²) < 4.78 is 6.00. The highest BCUT2D eigenvalue weighted by Crippen LogP contribution is 2.17. The Morgan fingerprint density at radius 3 is 1.33 bits per heavy atom. The first kappa shape index (κ1) is 19.3. The molecule has 0 aliphatic carbocycles. The molecule has 0 amide bonds. The number of aliphatic hydroxyl groups excluding tert-OH is 2. The van der Waals surface area contributed by atoms with E-state index in [-0.39, 0.29) is 0 Å². The molecule has 3 rings (SSSR count). The molecule has 0 fully saturated rings. The van der Waals surface area contributed by atoms with E-state index >= 15 is 0 Å². The van der Waals surface area contributed by atoms with E-state index in [9.17, 15) is 10.2 Å². The van der Waals surface area contributed by atoms with Crippen molar-refractivity contribution in [1.82, 2.24) is 0 Å². The maximum atomic E-state index is 10.8. The number of aliphatic hydroxyl groups is 2. The van der Waals surface area contributed by atoms with Crippen LogP contribution in [0.15, 0.2) is 91.0 Å². The number of rotatable bonds is 9. The third-order valence-corrected chi connectivity index (χ3v) is 4.62. The predicted octanol–water partition coefficient (Wildman–Crippen LogP) is 3.78. The van der Waals surface area contributed by atoms with Crippen LogP contribution in [-0.2, 0) is 24.2 Å². The van der Waals surface area contributed by atoms with E-state index < -0.39 is 18.3 Å². The fourth-order valence-electron chi connectivity index (χ4n) is 3.19. The van der Waals surface area contributed by atoms with Crippen molar-refractivity contribution in [2.75, 3.05) is 0 Å². The van der Waals surface area contributed by atoms with Crippen molar-refractivity contribution in [1.29, 1.82) is 0 Å². The lowest BCUT2D eigenvalue weighted by Crippen LogP contribution is -2.42. The zero-order valence-corrected chi connectivity index (χ0v) is 15.3. The monoisotopic (exact) mass is 362 g/mol. The second-order valence-electron chi connectivity index (χ2n) is 6.78. The Morgan fingerprint density at radius 2 is 0.926 bits per heavy atom. The standard InChI is InChI=1S/C24H26O3/c25-22(16-19-10-4-1-5-11-19)24(27-18-21-14-8-3-9-15-21)23(26)17-20-12-6-2-7-13-20/h1-15,22-26H,16-18H2/t22-,23-/m1/s1. The third-order valence-electron chi connectivity index (χ3n) is 4.62. The Morgan fingerprint density at radius 1 is 0.556 bits per heavy atom. The van der Waals surface area contributed by atoms with Gasteiger partial charge in [-0.1, -0.05) is 91.0 Å². The normalized spacial score (nSPS) is 13.4. The van der Waals surface area contributed by atoms with Gasteiger partial charge in [0.15, 0.2) is 0 Å². The average Bonchev–Trinajstić information content (AvgIpc) is 2.70. The summed E-state index contributed by atoms with van der Waals surface area (Å²) in [5.41, 5.74) is 3.05. The van der Waals surface area contributed by atoms with Gasteiger partial charge in [0.2, 0.25) is 0 Å². The molecule has 0 aliphatic rings. The van der Waals surface area contributed by atoms with Crippen LogP contribution in [0.4, 0.5) is 0 Å². The summed E-state index contributed by atoms with van der Waals surface area (Å²) in [6.07, 6.45) is -1.39. The summed E-state index contributed by atoms with van der Waals surface area (Å²) in [5, 5.41) is 21.6. The molecule has 0 saturated heterocycles. The summed E-state index contributed by atoms with van der Waals surface area (Å²) in [5.74, 6) is 0. The molecule has 3 nitrogen and oxygen atoms in total. The van der Waals surface area contributed by atoms with Gasteiger partial charge in [0.1, 0.15) is 6.10 Å². The van der Waals surface area contributed by atoms with Crippen LogP contribution in [0.5, 0.6) is 0 Å². The molecule has 2 atom stereocenters. The Labute approximate surface area is 160 Å². The van der Waals surface area contributed by atoms with Crippen molar-refractivity contribution in [3.8, 4) is 0 Å². The molecule has 0 radical (unpaired) electrons. The fraction of sp³-hybridized carbons (Fsp3) is 0.250. The second-order valence-corrected chi connectivity index (χ2v) is 6.78. The van der Waals surface area contributed by atoms with Gasteiger partial charge in [0.25, 0.3) is 0 Å². The molecule has 27 heavy (non-hydrogen) atoms. The lowest BCUT2D eigenvalue weighted by atomic mass is 9.96. The van der Waals surface area contributed by atoms with Gasteiger partial charge in [0, 0.05) is 12.8 Å². The highest BCUT2D eigenvalue weighted by Gasteiger charge is 2.28. The van der Waals surface area contributed by atoms with Crippen molar-refractivity contribution in [3.05, 3.63) is 108 Å². The molecule has 0 saturated carbocycles. The third kappa shape index (κ3) is 6.04. The van der Waals surface area contributed by atoms with Gasteiger partial charge in [-0.25, -0.2) is 0 Å². The lowest BCUT2D eigenvalue weighted by molar-refractivity contribution is -0.105. The molecule has 0 aromatic heterocycles. The van der Waals surface area contributed by atoms with Crippen LogP contribution in [0, 0.1) is 0 Å². The van der Waals surface area contributed by atoms with Gasteiger partial charge in [-0.2, -0.15) is 0 Å². The first-order chi connectivity index (χ1) is 13.2. The Hall–Kier alpha value is -2.46. The minimum Gasteiger partial charge on any atom is -0.390 e. The van der Waals surface area contributed by atoms with Crippen molar-refractivity contribution < 1.29 is 14.9 Å². The topological polar surface area (TPSA) is 49.7 Å². The summed E-state index contributed by atoms with van der Waals surface area (Å²) in [4.78, 5) is 0. The minimum atomic E-state index is -0.796. The molecule has 0 unspecified atom stereocenters. The number of ether oxygens (including phenoxy) is 1. The largest absolute Gasteiger partial charge is 0.390 e. The second kappa shape index (κ2) is 10.0. The summed E-state index contributed by atoms with van der Waals surface area (Å²) in [6, 6.07) is 29.4. The van der Waals surface area contributed by atoms with E-state index in [0.717, 1.165) is 16.7 Å². The number of benzene rings is 3. The van der Waals surface area contributed by atoms with Gasteiger partial charge < -0.3 is 14.9 Å². The Balaban J connectivity index is 1.70. The predicted molar refractivity (Wildman–Crippen MR) is 107 cm³/mol. The molecule has 0 bridgehead atoms. The molecular formula is C24H26O3. The van der Waals surface area contributed by atoms with Gasteiger partial charge in [0.05, 0.1) is 18.8 Å². The summed E-state index contributed by atoms with van der Waals surface area (Å²) in [7, 11) is 0. The van der Waals surface area contributed by atoms with Crippen LogP contribution in [0.2, 0.25) is 0 Å². The molecule has 3 aromatic rings. The van der Waals surface area contributed by atoms with E-state index in [1.165, 1.54) is 0 Å². The first-order valence-electron chi connectivity index (χ1n) is 9.32. The average molecular weight is 362 g/mol.